The highest BCUT2D eigenvalue weighted by Crippen LogP contribution is 2.50. The van der Waals surface area contributed by atoms with Gasteiger partial charge in [0.25, 0.3) is 0 Å². The molecule has 2 saturated heterocycles. The highest BCUT2D eigenvalue weighted by Gasteiger charge is 2.46. The molecule has 102 valence electrons. The predicted molar refractivity (Wildman–Crippen MR) is 70.2 cm³/mol. The van der Waals surface area contributed by atoms with E-state index in [9.17, 15) is 5.11 Å². The van der Waals surface area contributed by atoms with E-state index in [-0.39, 0.29) is 6.10 Å². The van der Waals surface area contributed by atoms with Gasteiger partial charge in [-0.05, 0) is 75.0 Å². The fourth-order valence-corrected chi connectivity index (χ4v) is 5.35. The molecule has 7 unspecified atom stereocenters. The van der Waals surface area contributed by atoms with E-state index in [1.54, 1.807) is 0 Å². The first kappa shape index (κ1) is 11.7. The summed E-state index contributed by atoms with van der Waals surface area (Å²) in [6.07, 6.45) is 13.0. The van der Waals surface area contributed by atoms with E-state index in [4.69, 9.17) is 4.74 Å². The Hall–Kier alpha value is -0.0800. The lowest BCUT2D eigenvalue weighted by molar-refractivity contribution is -0.200. The second-order valence-corrected chi connectivity index (χ2v) is 7.33. The van der Waals surface area contributed by atoms with Gasteiger partial charge < -0.3 is 9.84 Å². The molecule has 3 saturated carbocycles. The van der Waals surface area contributed by atoms with Gasteiger partial charge in [-0.3, -0.25) is 0 Å². The Labute approximate surface area is 110 Å². The van der Waals surface area contributed by atoms with Crippen LogP contribution in [0.1, 0.15) is 57.8 Å². The molecular formula is C16H26O2. The number of aliphatic hydroxyl groups excluding tert-OH is 1. The minimum atomic E-state index is 0.00760. The Morgan fingerprint density at radius 2 is 1.44 bits per heavy atom. The molecule has 5 fully saturated rings. The van der Waals surface area contributed by atoms with Gasteiger partial charge in [0.15, 0.2) is 0 Å². The third kappa shape index (κ3) is 1.92. The maximum atomic E-state index is 9.79. The van der Waals surface area contributed by atoms with Crippen LogP contribution in [0.5, 0.6) is 0 Å². The molecule has 18 heavy (non-hydrogen) atoms. The standard InChI is InChI=1S/C16H26O2/c17-13-4-3-10-7-12(2-1-11(10)8-13)15-6-5-14-9-16(15)18-14/h10-17H,1-9H2. The molecule has 0 radical (unpaired) electrons. The summed E-state index contributed by atoms with van der Waals surface area (Å²) in [5, 5.41) is 9.79. The molecule has 2 heterocycles. The van der Waals surface area contributed by atoms with Gasteiger partial charge in [-0.25, -0.2) is 0 Å². The Morgan fingerprint density at radius 1 is 0.722 bits per heavy atom. The van der Waals surface area contributed by atoms with Gasteiger partial charge in [-0.2, -0.15) is 0 Å². The van der Waals surface area contributed by atoms with Crippen molar-refractivity contribution in [2.24, 2.45) is 23.7 Å². The van der Waals surface area contributed by atoms with E-state index in [1.807, 2.05) is 0 Å². The summed E-state index contributed by atoms with van der Waals surface area (Å²) in [4.78, 5) is 0. The molecule has 0 aromatic rings. The van der Waals surface area contributed by atoms with E-state index in [0.717, 1.165) is 36.5 Å². The monoisotopic (exact) mass is 250 g/mol. The third-order valence-corrected chi connectivity index (χ3v) is 6.39. The molecule has 2 nitrogen and oxygen atoms in total. The van der Waals surface area contributed by atoms with Crippen molar-refractivity contribution in [2.75, 3.05) is 0 Å². The molecule has 2 bridgehead atoms. The summed E-state index contributed by atoms with van der Waals surface area (Å²) in [5.74, 6) is 3.57. The van der Waals surface area contributed by atoms with Crippen molar-refractivity contribution in [1.82, 2.24) is 0 Å². The fourth-order valence-electron chi connectivity index (χ4n) is 5.35. The first-order chi connectivity index (χ1) is 8.79. The third-order valence-electron chi connectivity index (χ3n) is 6.39. The highest BCUT2D eigenvalue weighted by atomic mass is 16.5. The summed E-state index contributed by atoms with van der Waals surface area (Å²) >= 11 is 0. The maximum absolute atomic E-state index is 9.79. The van der Waals surface area contributed by atoms with E-state index in [0.29, 0.717) is 12.2 Å². The van der Waals surface area contributed by atoms with Crippen molar-refractivity contribution in [2.45, 2.75) is 76.1 Å². The fraction of sp³-hybridized carbons (Fsp3) is 1.00. The van der Waals surface area contributed by atoms with Crippen LogP contribution in [-0.2, 0) is 4.74 Å². The molecular weight excluding hydrogens is 224 g/mol. The molecule has 0 aromatic carbocycles. The summed E-state index contributed by atoms with van der Waals surface area (Å²) < 4.78 is 5.95. The Kier molecular flexibility index (Phi) is 2.92. The minimum absolute atomic E-state index is 0.00760. The first-order valence-corrected chi connectivity index (χ1v) is 8.13. The number of ether oxygens (including phenoxy) is 1. The maximum Gasteiger partial charge on any atom is 0.0634 e. The molecule has 0 spiro atoms. The molecule has 1 N–H and O–H groups in total. The summed E-state index contributed by atoms with van der Waals surface area (Å²) in [7, 11) is 0. The van der Waals surface area contributed by atoms with Crippen molar-refractivity contribution < 1.29 is 9.84 Å². The molecule has 5 aliphatic rings. The topological polar surface area (TPSA) is 29.5 Å². The Balaban J connectivity index is 1.40. The van der Waals surface area contributed by atoms with E-state index >= 15 is 0 Å². The van der Waals surface area contributed by atoms with Crippen LogP contribution >= 0.6 is 0 Å². The number of aliphatic hydroxyl groups is 1. The summed E-state index contributed by atoms with van der Waals surface area (Å²) in [5.41, 5.74) is 0. The lowest BCUT2D eigenvalue weighted by Gasteiger charge is -2.52. The van der Waals surface area contributed by atoms with Crippen molar-refractivity contribution in [3.05, 3.63) is 0 Å². The van der Waals surface area contributed by atoms with Crippen LogP contribution < -0.4 is 0 Å². The van der Waals surface area contributed by atoms with Crippen LogP contribution in [0.2, 0.25) is 0 Å². The van der Waals surface area contributed by atoms with Crippen molar-refractivity contribution in [1.29, 1.82) is 0 Å². The van der Waals surface area contributed by atoms with E-state index in [1.165, 1.54) is 44.9 Å². The van der Waals surface area contributed by atoms with Gasteiger partial charge in [0.1, 0.15) is 0 Å². The number of fused-ring (bicyclic) bond motifs is 3. The van der Waals surface area contributed by atoms with Crippen LogP contribution in [0.3, 0.4) is 0 Å². The Bertz CT molecular complexity index is 307. The highest BCUT2D eigenvalue weighted by molar-refractivity contribution is 4.96. The van der Waals surface area contributed by atoms with E-state index < -0.39 is 0 Å². The molecule has 5 rings (SSSR count). The number of rotatable bonds is 1. The minimum Gasteiger partial charge on any atom is -0.393 e. The average Bonchev–Trinajstić information content (AvgIpc) is 2.37. The van der Waals surface area contributed by atoms with E-state index in [2.05, 4.69) is 0 Å². The predicted octanol–water partition coefficient (Wildman–Crippen LogP) is 3.13. The average molecular weight is 250 g/mol. The van der Waals surface area contributed by atoms with Crippen molar-refractivity contribution >= 4 is 0 Å². The normalized spacial score (nSPS) is 55.5. The van der Waals surface area contributed by atoms with Crippen LogP contribution in [0, 0.1) is 23.7 Å². The second kappa shape index (κ2) is 4.49. The zero-order chi connectivity index (χ0) is 12.1. The van der Waals surface area contributed by atoms with Gasteiger partial charge in [0, 0.05) is 6.42 Å². The second-order valence-electron chi connectivity index (χ2n) is 7.33. The van der Waals surface area contributed by atoms with Crippen LogP contribution in [0.25, 0.3) is 0 Å². The van der Waals surface area contributed by atoms with Crippen LogP contribution in [0.15, 0.2) is 0 Å². The summed E-state index contributed by atoms with van der Waals surface area (Å²) in [6, 6.07) is 0. The van der Waals surface area contributed by atoms with Crippen molar-refractivity contribution in [3.8, 4) is 0 Å². The quantitative estimate of drug-likeness (QED) is 0.774. The lowest BCUT2D eigenvalue weighted by Crippen LogP contribution is -2.51. The molecule has 3 aliphatic carbocycles. The molecule has 0 aromatic heterocycles. The van der Waals surface area contributed by atoms with Gasteiger partial charge in [-0.15, -0.1) is 0 Å². The zero-order valence-corrected chi connectivity index (χ0v) is 11.3. The van der Waals surface area contributed by atoms with Gasteiger partial charge in [0.05, 0.1) is 18.3 Å². The van der Waals surface area contributed by atoms with Crippen LogP contribution in [0.4, 0.5) is 0 Å². The van der Waals surface area contributed by atoms with Crippen LogP contribution in [-0.4, -0.2) is 23.4 Å². The molecule has 2 heteroatoms. The molecule has 7 atom stereocenters. The van der Waals surface area contributed by atoms with Gasteiger partial charge in [-0.1, -0.05) is 0 Å². The van der Waals surface area contributed by atoms with Crippen molar-refractivity contribution in [3.63, 3.8) is 0 Å². The van der Waals surface area contributed by atoms with Gasteiger partial charge >= 0.3 is 0 Å². The summed E-state index contributed by atoms with van der Waals surface area (Å²) in [6.45, 7) is 0. The van der Waals surface area contributed by atoms with Gasteiger partial charge in [0.2, 0.25) is 0 Å². The SMILES string of the molecule is OC1CCC2CC(C3CCC4CC3O4)CCC2C1. The number of hydrogen-bond acceptors (Lipinski definition) is 2. The lowest BCUT2D eigenvalue weighted by atomic mass is 9.61. The Morgan fingerprint density at radius 3 is 2.22 bits per heavy atom. The first-order valence-electron chi connectivity index (χ1n) is 8.13. The smallest absolute Gasteiger partial charge is 0.0634 e. The molecule has 2 aliphatic heterocycles. The zero-order valence-electron chi connectivity index (χ0n) is 11.3. The number of hydrogen-bond donors (Lipinski definition) is 1. The molecule has 0 amide bonds. The largest absolute Gasteiger partial charge is 0.393 e.